The molecule has 1 unspecified atom stereocenters. The Morgan fingerprint density at radius 2 is 2.00 bits per heavy atom. The van der Waals surface area contributed by atoms with Gasteiger partial charge in [-0.2, -0.15) is 0 Å². The number of nitrogens with zero attached hydrogens (tertiary/aromatic N) is 1. The molecule has 1 aromatic rings. The van der Waals surface area contributed by atoms with Crippen LogP contribution in [0.25, 0.3) is 0 Å². The van der Waals surface area contributed by atoms with E-state index in [1.807, 2.05) is 0 Å². The monoisotopic (exact) mass is 385 g/mol. The first-order valence-corrected chi connectivity index (χ1v) is 7.45. The maximum atomic E-state index is 12.4. The molecular weight excluding hydrogens is 372 g/mol. The van der Waals surface area contributed by atoms with Crippen LogP contribution in [-0.4, -0.2) is 27.1 Å². The zero-order valence-corrected chi connectivity index (χ0v) is 12.9. The first-order valence-electron chi connectivity index (χ1n) is 4.99. The molecule has 1 aromatic carbocycles. The first kappa shape index (κ1) is 15.4. The Hall–Kier alpha value is -0.630. The Labute approximate surface area is 119 Å². The number of carboxylic acids is 1. The Morgan fingerprint density at radius 1 is 1.44 bits per heavy atom. The van der Waals surface area contributed by atoms with E-state index in [2.05, 4.69) is 0 Å². The van der Waals surface area contributed by atoms with Crippen molar-refractivity contribution in [1.82, 2.24) is 2.88 Å². The molecule has 100 valence electrons. The molecule has 0 aliphatic rings. The van der Waals surface area contributed by atoms with E-state index in [1.54, 1.807) is 53.2 Å². The molecule has 0 spiro atoms. The SMILES string of the molecule is COP(=O)(Oc1ccccc1)N(I)[C@@H](C)C(=O)O. The van der Waals surface area contributed by atoms with E-state index < -0.39 is 19.8 Å². The third kappa shape index (κ3) is 3.68. The number of carbonyl (C=O) groups is 1. The van der Waals surface area contributed by atoms with E-state index in [0.29, 0.717) is 5.75 Å². The number of benzene rings is 1. The topological polar surface area (TPSA) is 76.1 Å². The lowest BCUT2D eigenvalue weighted by atomic mass is 10.3. The molecule has 0 heterocycles. The number of hydrogen-bond donors (Lipinski definition) is 1. The smallest absolute Gasteiger partial charge is 0.470 e. The van der Waals surface area contributed by atoms with Gasteiger partial charge in [0.25, 0.3) is 0 Å². The van der Waals surface area contributed by atoms with Crippen LogP contribution in [0.2, 0.25) is 0 Å². The molecule has 1 rings (SSSR count). The van der Waals surface area contributed by atoms with E-state index >= 15 is 0 Å². The van der Waals surface area contributed by atoms with Crippen LogP contribution in [0.3, 0.4) is 0 Å². The summed E-state index contributed by atoms with van der Waals surface area (Å²) in [6.45, 7) is 1.40. The van der Waals surface area contributed by atoms with Gasteiger partial charge in [0.05, 0.1) is 0 Å². The third-order valence-corrected chi connectivity index (χ3v) is 6.24. The van der Waals surface area contributed by atoms with Gasteiger partial charge in [0.1, 0.15) is 11.8 Å². The maximum absolute atomic E-state index is 12.4. The van der Waals surface area contributed by atoms with Crippen molar-refractivity contribution in [3.63, 3.8) is 0 Å². The van der Waals surface area contributed by atoms with Gasteiger partial charge in [0.2, 0.25) is 0 Å². The first-order chi connectivity index (χ1) is 8.40. The number of hydrogen-bond acceptors (Lipinski definition) is 4. The van der Waals surface area contributed by atoms with E-state index in [9.17, 15) is 9.36 Å². The second-order valence-electron chi connectivity index (χ2n) is 3.36. The average molecular weight is 385 g/mol. The highest BCUT2D eigenvalue weighted by molar-refractivity contribution is 14.1. The van der Waals surface area contributed by atoms with Crippen molar-refractivity contribution in [2.45, 2.75) is 13.0 Å². The quantitative estimate of drug-likeness (QED) is 0.461. The molecule has 0 fully saturated rings. The Balaban J connectivity index is 2.92. The highest BCUT2D eigenvalue weighted by Gasteiger charge is 2.39. The van der Waals surface area contributed by atoms with Crippen molar-refractivity contribution in [2.75, 3.05) is 7.11 Å². The van der Waals surface area contributed by atoms with Gasteiger partial charge in [-0.05, 0) is 19.1 Å². The summed E-state index contributed by atoms with van der Waals surface area (Å²) in [6.07, 6.45) is 0. The molecule has 0 saturated heterocycles. The molecular formula is C10H13INO5P. The van der Waals surface area contributed by atoms with Crippen LogP contribution in [0.4, 0.5) is 0 Å². The third-order valence-electron chi connectivity index (χ3n) is 2.11. The summed E-state index contributed by atoms with van der Waals surface area (Å²) >= 11 is 1.63. The van der Waals surface area contributed by atoms with E-state index in [1.165, 1.54) is 14.0 Å². The molecule has 8 heteroatoms. The van der Waals surface area contributed by atoms with Gasteiger partial charge < -0.3 is 9.63 Å². The van der Waals surface area contributed by atoms with Crippen molar-refractivity contribution >= 4 is 36.6 Å². The minimum atomic E-state index is -3.68. The van der Waals surface area contributed by atoms with Crippen molar-refractivity contribution in [2.24, 2.45) is 0 Å². The summed E-state index contributed by atoms with van der Waals surface area (Å²) in [5.41, 5.74) is 0. The number of aliphatic carboxylic acids is 1. The molecule has 0 amide bonds. The van der Waals surface area contributed by atoms with Crippen LogP contribution in [-0.2, 0) is 13.9 Å². The summed E-state index contributed by atoms with van der Waals surface area (Å²) in [6, 6.07) is 7.44. The van der Waals surface area contributed by atoms with Crippen molar-refractivity contribution in [3.05, 3.63) is 30.3 Å². The molecule has 0 bridgehead atoms. The second-order valence-corrected chi connectivity index (χ2v) is 7.08. The van der Waals surface area contributed by atoms with Gasteiger partial charge in [-0.3, -0.25) is 9.32 Å². The molecule has 0 aliphatic carbocycles. The lowest BCUT2D eigenvalue weighted by molar-refractivity contribution is -0.139. The van der Waals surface area contributed by atoms with Crippen LogP contribution < -0.4 is 4.52 Å². The largest absolute Gasteiger partial charge is 0.480 e. The summed E-state index contributed by atoms with van der Waals surface area (Å²) in [7, 11) is -2.47. The Bertz CT molecular complexity index is 455. The van der Waals surface area contributed by atoms with Crippen molar-refractivity contribution < 1.29 is 23.5 Å². The molecule has 0 aliphatic heterocycles. The maximum Gasteiger partial charge on any atom is 0.470 e. The fraction of sp³-hybridized carbons (Fsp3) is 0.300. The minimum Gasteiger partial charge on any atom is -0.480 e. The van der Waals surface area contributed by atoms with Gasteiger partial charge in [0.15, 0.2) is 0 Å². The molecule has 1 N–H and O–H groups in total. The molecule has 18 heavy (non-hydrogen) atoms. The average Bonchev–Trinajstić information content (AvgIpc) is 2.37. The molecule has 0 radical (unpaired) electrons. The van der Waals surface area contributed by atoms with E-state index in [0.717, 1.165) is 2.88 Å². The van der Waals surface area contributed by atoms with Crippen molar-refractivity contribution in [1.29, 1.82) is 0 Å². The van der Waals surface area contributed by atoms with E-state index in [4.69, 9.17) is 14.2 Å². The fourth-order valence-corrected chi connectivity index (χ4v) is 3.32. The number of para-hydroxylation sites is 1. The zero-order valence-electron chi connectivity index (χ0n) is 9.82. The summed E-state index contributed by atoms with van der Waals surface area (Å²) in [4.78, 5) is 10.9. The van der Waals surface area contributed by atoms with Gasteiger partial charge in [-0.15, -0.1) is 2.88 Å². The lowest BCUT2D eigenvalue weighted by Gasteiger charge is -2.26. The van der Waals surface area contributed by atoms with Gasteiger partial charge >= 0.3 is 13.7 Å². The fourth-order valence-electron chi connectivity index (χ4n) is 1.07. The minimum absolute atomic E-state index is 0.349. The van der Waals surface area contributed by atoms with Crippen LogP contribution in [0.5, 0.6) is 5.75 Å². The normalized spacial score (nSPS) is 16.0. The van der Waals surface area contributed by atoms with Crippen LogP contribution in [0.15, 0.2) is 30.3 Å². The van der Waals surface area contributed by atoms with Gasteiger partial charge in [0, 0.05) is 30.0 Å². The predicted molar refractivity (Wildman–Crippen MR) is 74.6 cm³/mol. The second kappa shape index (κ2) is 6.51. The zero-order chi connectivity index (χ0) is 13.8. The number of halogens is 1. The van der Waals surface area contributed by atoms with Crippen LogP contribution in [0.1, 0.15) is 6.92 Å². The molecule has 0 saturated carbocycles. The van der Waals surface area contributed by atoms with Gasteiger partial charge in [-0.25, -0.2) is 4.57 Å². The molecule has 6 nitrogen and oxygen atoms in total. The van der Waals surface area contributed by atoms with Crippen LogP contribution in [0, 0.1) is 0 Å². The number of carboxylic acid groups (broad SMARTS) is 1. The lowest BCUT2D eigenvalue weighted by Crippen LogP contribution is -2.31. The number of rotatable bonds is 6. The van der Waals surface area contributed by atoms with Crippen molar-refractivity contribution in [3.8, 4) is 5.75 Å². The highest BCUT2D eigenvalue weighted by atomic mass is 127. The Morgan fingerprint density at radius 3 is 2.44 bits per heavy atom. The molecule has 2 atom stereocenters. The standard InChI is InChI=1S/C10H13INO5P/c1-8(10(13)14)12(11)18(15,16-2)17-9-6-4-3-5-7-9/h3-8H,1-2H3,(H,13,14)/t8-,18?/m0/s1. The Kier molecular flexibility index (Phi) is 5.58. The summed E-state index contributed by atoms with van der Waals surface area (Å²) < 4.78 is 23.6. The van der Waals surface area contributed by atoms with Gasteiger partial charge in [-0.1, -0.05) is 18.2 Å². The predicted octanol–water partition coefficient (Wildman–Crippen LogP) is 2.95. The molecule has 0 aromatic heterocycles. The summed E-state index contributed by atoms with van der Waals surface area (Å²) in [5, 5.41) is 8.90. The summed E-state index contributed by atoms with van der Waals surface area (Å²) in [5.74, 6) is -0.764. The van der Waals surface area contributed by atoms with Crippen LogP contribution >= 0.6 is 30.6 Å². The van der Waals surface area contributed by atoms with E-state index in [-0.39, 0.29) is 0 Å². The highest BCUT2D eigenvalue weighted by Crippen LogP contribution is 2.54.